The molecule has 0 aliphatic carbocycles. The number of fused-ring (bicyclic) bond motifs is 4. The largest absolute Gasteiger partial charge is 0.497 e. The molecule has 10 heteroatoms. The number of hydrogen-bond donors (Lipinski definition) is 0. The van der Waals surface area contributed by atoms with Crippen molar-refractivity contribution >= 4 is 11.8 Å². The molecule has 1 aliphatic heterocycles. The number of nitrogens with zero attached hydrogens (tertiary/aromatic N) is 6. The van der Waals surface area contributed by atoms with Gasteiger partial charge in [-0.3, -0.25) is 9.59 Å². The Hall–Kier alpha value is -4.73. The highest BCUT2D eigenvalue weighted by molar-refractivity contribution is 5.93. The number of carbonyl (C=O) groups excluding carboxylic acids is 2. The lowest BCUT2D eigenvalue weighted by molar-refractivity contribution is -0.131. The number of methoxy groups -OCH3 is 1. The predicted octanol–water partition coefficient (Wildman–Crippen LogP) is 4.52. The van der Waals surface area contributed by atoms with Crippen LogP contribution in [0.2, 0.25) is 0 Å². The zero-order valence-electron chi connectivity index (χ0n) is 24.6. The Kier molecular flexibility index (Phi) is 10.3. The first-order chi connectivity index (χ1) is 21.1. The number of aromatic nitrogens is 4. The lowest BCUT2D eigenvalue weighted by Crippen LogP contribution is -2.36. The van der Waals surface area contributed by atoms with Crippen LogP contribution in [0.4, 0.5) is 0 Å². The zero-order valence-corrected chi connectivity index (χ0v) is 24.6. The van der Waals surface area contributed by atoms with Gasteiger partial charge in [0.25, 0.3) is 5.91 Å². The van der Waals surface area contributed by atoms with Gasteiger partial charge in [-0.2, -0.15) is 10.2 Å². The van der Waals surface area contributed by atoms with Crippen LogP contribution in [0.15, 0.2) is 79.4 Å². The summed E-state index contributed by atoms with van der Waals surface area (Å²) in [5.41, 5.74) is 2.52. The Bertz CT molecular complexity index is 1490. The summed E-state index contributed by atoms with van der Waals surface area (Å²) in [6.07, 6.45) is 10.1. The molecule has 0 unspecified atom stereocenters. The molecule has 0 N–H and O–H groups in total. The zero-order chi connectivity index (χ0) is 29.9. The molecule has 0 radical (unpaired) electrons. The molecule has 224 valence electrons. The summed E-state index contributed by atoms with van der Waals surface area (Å²) in [6.45, 7) is 3.38. The normalized spacial score (nSPS) is 14.7. The Morgan fingerprint density at radius 2 is 1.72 bits per heavy atom. The summed E-state index contributed by atoms with van der Waals surface area (Å²) in [5.74, 6) is 2.40. The van der Waals surface area contributed by atoms with Gasteiger partial charge in [-0.1, -0.05) is 24.3 Å². The van der Waals surface area contributed by atoms with Gasteiger partial charge in [-0.15, -0.1) is 0 Å². The van der Waals surface area contributed by atoms with Gasteiger partial charge in [-0.25, -0.2) is 4.98 Å². The number of carbonyl (C=O) groups is 2. The monoisotopic (exact) mass is 582 g/mol. The third-order valence-corrected chi connectivity index (χ3v) is 7.60. The van der Waals surface area contributed by atoms with Gasteiger partial charge in [-0.05, 0) is 61.6 Å². The van der Waals surface area contributed by atoms with Gasteiger partial charge >= 0.3 is 0 Å². The predicted molar refractivity (Wildman–Crippen MR) is 163 cm³/mol. The molecular formula is C33H38N6O4. The van der Waals surface area contributed by atoms with E-state index in [0.717, 1.165) is 41.3 Å². The molecular weight excluding hydrogens is 544 g/mol. The average molecular weight is 583 g/mol. The minimum Gasteiger partial charge on any atom is -0.497 e. The number of aryl methyl sites for hydroxylation is 1. The van der Waals surface area contributed by atoms with Crippen molar-refractivity contribution in [2.75, 3.05) is 39.9 Å². The molecule has 0 spiro atoms. The van der Waals surface area contributed by atoms with Gasteiger partial charge in [0.05, 0.1) is 31.7 Å². The Morgan fingerprint density at radius 1 is 0.884 bits per heavy atom. The van der Waals surface area contributed by atoms with E-state index in [1.54, 1.807) is 19.4 Å². The van der Waals surface area contributed by atoms with Crippen molar-refractivity contribution in [3.05, 3.63) is 90.5 Å². The van der Waals surface area contributed by atoms with Crippen molar-refractivity contribution in [2.24, 2.45) is 0 Å². The quantitative estimate of drug-likeness (QED) is 0.341. The van der Waals surface area contributed by atoms with E-state index in [-0.39, 0.29) is 11.8 Å². The molecule has 2 aromatic carbocycles. The summed E-state index contributed by atoms with van der Waals surface area (Å²) in [6, 6.07) is 17.4. The van der Waals surface area contributed by atoms with E-state index in [9.17, 15) is 9.59 Å². The van der Waals surface area contributed by atoms with Crippen molar-refractivity contribution < 1.29 is 19.1 Å². The van der Waals surface area contributed by atoms with E-state index in [4.69, 9.17) is 9.47 Å². The summed E-state index contributed by atoms with van der Waals surface area (Å²) in [4.78, 5) is 35.2. The maximum Gasteiger partial charge on any atom is 0.255 e. The summed E-state index contributed by atoms with van der Waals surface area (Å²) < 4.78 is 13.5. The third kappa shape index (κ3) is 8.18. The van der Waals surface area contributed by atoms with Crippen molar-refractivity contribution in [1.82, 2.24) is 29.5 Å². The van der Waals surface area contributed by atoms with E-state index >= 15 is 0 Å². The Balaban J connectivity index is 1.31. The summed E-state index contributed by atoms with van der Waals surface area (Å²) in [7, 11) is 1.64. The molecule has 0 saturated carbocycles. The van der Waals surface area contributed by atoms with Crippen LogP contribution < -0.4 is 9.47 Å². The highest BCUT2D eigenvalue weighted by atomic mass is 16.5. The molecule has 4 aromatic rings. The average Bonchev–Trinajstić information content (AvgIpc) is 3.53. The molecule has 0 saturated heterocycles. The van der Waals surface area contributed by atoms with Gasteiger partial charge in [0.15, 0.2) is 0 Å². The Labute approximate surface area is 252 Å². The number of rotatable bonds is 5. The second-order valence-electron chi connectivity index (χ2n) is 10.5. The lowest BCUT2D eigenvalue weighted by atomic mass is 10.1. The SMILES string of the molecule is COc1cccc(CCC(=O)N2CCCCN(C(=O)c3ccnnc3)CCn3ccnc3-c3cccc(c3)OCCC2)c1. The number of hydrogen-bond acceptors (Lipinski definition) is 7. The van der Waals surface area contributed by atoms with E-state index in [0.29, 0.717) is 64.2 Å². The van der Waals surface area contributed by atoms with E-state index in [2.05, 4.69) is 19.7 Å². The highest BCUT2D eigenvalue weighted by Crippen LogP contribution is 2.23. The van der Waals surface area contributed by atoms with Crippen LogP contribution in [0.25, 0.3) is 11.4 Å². The molecule has 5 rings (SSSR count). The fraction of sp³-hybridized carbons (Fsp3) is 0.364. The van der Waals surface area contributed by atoms with Crippen LogP contribution >= 0.6 is 0 Å². The van der Waals surface area contributed by atoms with Gasteiger partial charge in [0.2, 0.25) is 5.91 Å². The molecule has 2 bridgehead atoms. The first-order valence-electron chi connectivity index (χ1n) is 14.8. The van der Waals surface area contributed by atoms with Crippen molar-refractivity contribution in [2.45, 2.75) is 38.6 Å². The smallest absolute Gasteiger partial charge is 0.255 e. The minimum absolute atomic E-state index is 0.0869. The van der Waals surface area contributed by atoms with Crippen molar-refractivity contribution in [3.8, 4) is 22.9 Å². The maximum atomic E-state index is 13.5. The highest BCUT2D eigenvalue weighted by Gasteiger charge is 2.19. The second-order valence-corrected chi connectivity index (χ2v) is 10.5. The number of benzene rings is 2. The molecule has 3 heterocycles. The fourth-order valence-electron chi connectivity index (χ4n) is 5.27. The van der Waals surface area contributed by atoms with Crippen LogP contribution in [0, 0.1) is 0 Å². The van der Waals surface area contributed by atoms with E-state index in [1.807, 2.05) is 64.5 Å². The van der Waals surface area contributed by atoms with Crippen molar-refractivity contribution in [1.29, 1.82) is 0 Å². The standard InChI is InChI=1S/C33H38N6O4/c1-42-29-9-4-7-26(23-29)11-12-31(40)37-16-2-3-17-39(33(41)28-13-14-35-36-25-28)21-20-38-19-15-34-32(38)27-8-5-10-30(24-27)43-22-6-18-37/h4-5,7-10,13-15,19,23-25H,2-3,6,11-12,16-18,20-22H2,1H3. The molecule has 0 fully saturated rings. The molecule has 1 aliphatic rings. The fourth-order valence-corrected chi connectivity index (χ4v) is 5.27. The minimum atomic E-state index is -0.0869. The van der Waals surface area contributed by atoms with Crippen LogP contribution in [-0.4, -0.2) is 81.3 Å². The second kappa shape index (κ2) is 14.9. The van der Waals surface area contributed by atoms with Crippen LogP contribution in [-0.2, 0) is 17.8 Å². The van der Waals surface area contributed by atoms with Crippen LogP contribution in [0.1, 0.15) is 41.6 Å². The first kappa shape index (κ1) is 29.8. The molecule has 10 nitrogen and oxygen atoms in total. The van der Waals surface area contributed by atoms with E-state index < -0.39 is 0 Å². The topological polar surface area (TPSA) is 103 Å². The number of amides is 2. The van der Waals surface area contributed by atoms with Crippen LogP contribution in [0.3, 0.4) is 0 Å². The molecule has 0 atom stereocenters. The first-order valence-corrected chi connectivity index (χ1v) is 14.8. The number of ether oxygens (including phenoxy) is 2. The summed E-state index contributed by atoms with van der Waals surface area (Å²) in [5, 5.41) is 7.71. The van der Waals surface area contributed by atoms with Gasteiger partial charge in [0.1, 0.15) is 17.3 Å². The molecule has 2 amide bonds. The Morgan fingerprint density at radius 3 is 2.56 bits per heavy atom. The molecule has 43 heavy (non-hydrogen) atoms. The molecule has 2 aromatic heterocycles. The van der Waals surface area contributed by atoms with Crippen LogP contribution in [0.5, 0.6) is 11.5 Å². The summed E-state index contributed by atoms with van der Waals surface area (Å²) >= 11 is 0. The lowest BCUT2D eigenvalue weighted by Gasteiger charge is -2.25. The number of imidazole rings is 1. The maximum absolute atomic E-state index is 13.5. The van der Waals surface area contributed by atoms with E-state index in [1.165, 1.54) is 12.4 Å². The van der Waals surface area contributed by atoms with Gasteiger partial charge < -0.3 is 23.8 Å². The third-order valence-electron chi connectivity index (χ3n) is 7.60. The van der Waals surface area contributed by atoms with Gasteiger partial charge in [0, 0.05) is 57.1 Å². The van der Waals surface area contributed by atoms with Crippen molar-refractivity contribution in [3.63, 3.8) is 0 Å².